The second kappa shape index (κ2) is 6.28. The molecule has 1 saturated heterocycles. The highest BCUT2D eigenvalue weighted by Gasteiger charge is 2.31. The van der Waals surface area contributed by atoms with Crippen LogP contribution in [0.15, 0.2) is 24.3 Å². The number of rotatable bonds is 2. The van der Waals surface area contributed by atoms with Crippen LogP contribution in [-0.2, 0) is 0 Å². The Hall–Kier alpha value is -0.860. The summed E-state index contributed by atoms with van der Waals surface area (Å²) in [6, 6.07) is 9.26. The van der Waals surface area contributed by atoms with E-state index in [2.05, 4.69) is 36.1 Å². The van der Waals surface area contributed by atoms with E-state index in [1.807, 2.05) is 0 Å². The minimum absolute atomic E-state index is 0.0845. The third kappa shape index (κ3) is 2.91. The molecule has 0 bridgehead atoms. The predicted molar refractivity (Wildman–Crippen MR) is 83.0 cm³/mol. The number of hydrogen-bond acceptors (Lipinski definition) is 2. The second-order valence-corrected chi connectivity index (χ2v) is 6.59. The Bertz CT molecular complexity index is 437. The fraction of sp³-hybridized carbons (Fsp3) is 0.667. The quantitative estimate of drug-likeness (QED) is 0.892. The summed E-state index contributed by atoms with van der Waals surface area (Å²) in [6.45, 7) is 4.54. The van der Waals surface area contributed by atoms with Gasteiger partial charge in [0, 0.05) is 6.04 Å². The van der Waals surface area contributed by atoms with Gasteiger partial charge in [-0.15, -0.1) is 0 Å². The second-order valence-electron chi connectivity index (χ2n) is 6.59. The van der Waals surface area contributed by atoms with Gasteiger partial charge in [0.25, 0.3) is 0 Å². The third-order valence-electron chi connectivity index (χ3n) is 5.32. The Morgan fingerprint density at radius 2 is 1.70 bits per heavy atom. The van der Waals surface area contributed by atoms with E-state index in [9.17, 15) is 5.11 Å². The lowest BCUT2D eigenvalue weighted by atomic mass is 9.84. The molecule has 1 saturated carbocycles. The van der Waals surface area contributed by atoms with Gasteiger partial charge in [-0.2, -0.15) is 0 Å². The van der Waals surface area contributed by atoms with Crippen LogP contribution < -0.4 is 0 Å². The van der Waals surface area contributed by atoms with Gasteiger partial charge in [0.15, 0.2) is 0 Å². The minimum atomic E-state index is -0.0845. The smallest absolute Gasteiger partial charge is 0.0695 e. The third-order valence-corrected chi connectivity index (χ3v) is 5.32. The molecule has 1 aliphatic heterocycles. The Balaban J connectivity index is 1.61. The van der Waals surface area contributed by atoms with Gasteiger partial charge in [-0.3, -0.25) is 4.90 Å². The van der Waals surface area contributed by atoms with Crippen LogP contribution >= 0.6 is 0 Å². The lowest BCUT2D eigenvalue weighted by Crippen LogP contribution is -2.48. The minimum Gasteiger partial charge on any atom is -0.391 e. The highest BCUT2D eigenvalue weighted by molar-refractivity contribution is 5.29. The van der Waals surface area contributed by atoms with Crippen molar-refractivity contribution < 1.29 is 5.11 Å². The highest BCUT2D eigenvalue weighted by atomic mass is 16.3. The molecular formula is C18H27NO. The van der Waals surface area contributed by atoms with E-state index in [1.54, 1.807) is 0 Å². The van der Waals surface area contributed by atoms with Crippen molar-refractivity contribution in [3.63, 3.8) is 0 Å². The Kier molecular flexibility index (Phi) is 4.42. The van der Waals surface area contributed by atoms with Gasteiger partial charge in [0.1, 0.15) is 0 Å². The van der Waals surface area contributed by atoms with E-state index in [-0.39, 0.29) is 6.10 Å². The molecule has 0 aromatic heterocycles. The average molecular weight is 273 g/mol. The number of likely N-dealkylation sites (tertiary alicyclic amines) is 1. The van der Waals surface area contributed by atoms with Gasteiger partial charge in [0.05, 0.1) is 6.10 Å². The zero-order valence-electron chi connectivity index (χ0n) is 12.6. The number of aryl methyl sites for hydroxylation is 1. The summed E-state index contributed by atoms with van der Waals surface area (Å²) >= 11 is 0. The lowest BCUT2D eigenvalue weighted by Gasteiger charge is -2.41. The summed E-state index contributed by atoms with van der Waals surface area (Å²) in [6.07, 6.45) is 7.09. The largest absolute Gasteiger partial charge is 0.391 e. The zero-order chi connectivity index (χ0) is 13.9. The maximum Gasteiger partial charge on any atom is 0.0695 e. The molecule has 1 N–H and O–H groups in total. The molecule has 110 valence electrons. The Labute approximate surface area is 122 Å². The number of benzene rings is 1. The first-order valence-corrected chi connectivity index (χ1v) is 8.23. The monoisotopic (exact) mass is 273 g/mol. The molecule has 2 nitrogen and oxygen atoms in total. The standard InChI is InChI=1S/C18H27NO/c1-14-6-2-3-7-16(14)15-10-12-19(13-11-15)17-8-4-5-9-18(17)20/h2-3,6-7,15,17-18,20H,4-5,8-13H2,1H3/t17?,18-/m1/s1. The molecule has 3 rings (SSSR count). The fourth-order valence-corrected chi connectivity index (χ4v) is 4.10. The molecule has 0 amide bonds. The first kappa shape index (κ1) is 14.1. The van der Waals surface area contributed by atoms with Crippen LogP contribution in [0.2, 0.25) is 0 Å². The Morgan fingerprint density at radius 1 is 1.00 bits per heavy atom. The summed E-state index contributed by atoms with van der Waals surface area (Å²) in [7, 11) is 0. The van der Waals surface area contributed by atoms with Gasteiger partial charge in [-0.1, -0.05) is 37.1 Å². The van der Waals surface area contributed by atoms with Crippen LogP contribution in [0, 0.1) is 6.92 Å². The van der Waals surface area contributed by atoms with Crippen LogP contribution in [0.1, 0.15) is 55.6 Å². The number of hydrogen-bond donors (Lipinski definition) is 1. The number of nitrogens with zero attached hydrogens (tertiary/aromatic N) is 1. The summed E-state index contributed by atoms with van der Waals surface area (Å²) in [4.78, 5) is 2.55. The maximum atomic E-state index is 10.2. The van der Waals surface area contributed by atoms with Crippen LogP contribution in [0.25, 0.3) is 0 Å². The fourth-order valence-electron chi connectivity index (χ4n) is 4.10. The molecule has 2 atom stereocenters. The van der Waals surface area contributed by atoms with Crippen molar-refractivity contribution >= 4 is 0 Å². The van der Waals surface area contributed by atoms with Gasteiger partial charge >= 0.3 is 0 Å². The van der Waals surface area contributed by atoms with E-state index in [4.69, 9.17) is 0 Å². The van der Waals surface area contributed by atoms with Gasteiger partial charge in [0.2, 0.25) is 0 Å². The molecule has 20 heavy (non-hydrogen) atoms. The predicted octanol–water partition coefficient (Wildman–Crippen LogP) is 3.48. The van der Waals surface area contributed by atoms with E-state index in [0.29, 0.717) is 12.0 Å². The molecule has 1 heterocycles. The molecule has 1 aromatic rings. The molecule has 0 radical (unpaired) electrons. The molecule has 1 unspecified atom stereocenters. The molecule has 1 aliphatic carbocycles. The molecule has 2 heteroatoms. The Morgan fingerprint density at radius 3 is 2.40 bits per heavy atom. The van der Waals surface area contributed by atoms with E-state index in [1.165, 1.54) is 43.2 Å². The van der Waals surface area contributed by atoms with E-state index < -0.39 is 0 Å². The number of aliphatic hydroxyl groups excluding tert-OH is 1. The van der Waals surface area contributed by atoms with Crippen molar-refractivity contribution in [3.05, 3.63) is 35.4 Å². The summed E-state index contributed by atoms with van der Waals surface area (Å²) in [5.74, 6) is 0.716. The van der Waals surface area contributed by atoms with E-state index in [0.717, 1.165) is 19.5 Å². The first-order valence-electron chi connectivity index (χ1n) is 8.23. The molecule has 2 aliphatic rings. The number of aliphatic hydroxyl groups is 1. The van der Waals surface area contributed by atoms with Crippen molar-refractivity contribution in [1.29, 1.82) is 0 Å². The van der Waals surface area contributed by atoms with Crippen LogP contribution in [-0.4, -0.2) is 35.2 Å². The van der Waals surface area contributed by atoms with Crippen molar-refractivity contribution in [1.82, 2.24) is 4.90 Å². The average Bonchev–Trinajstić information content (AvgIpc) is 2.49. The highest BCUT2D eigenvalue weighted by Crippen LogP contribution is 2.33. The molecule has 2 fully saturated rings. The maximum absolute atomic E-state index is 10.2. The van der Waals surface area contributed by atoms with Crippen molar-refractivity contribution in [2.45, 2.75) is 63.5 Å². The van der Waals surface area contributed by atoms with E-state index >= 15 is 0 Å². The summed E-state index contributed by atoms with van der Waals surface area (Å²) in [5, 5.41) is 10.2. The molecule has 0 spiro atoms. The molecule has 1 aromatic carbocycles. The van der Waals surface area contributed by atoms with Gasteiger partial charge in [-0.25, -0.2) is 0 Å². The summed E-state index contributed by atoms with van der Waals surface area (Å²) in [5.41, 5.74) is 2.97. The van der Waals surface area contributed by atoms with Crippen LogP contribution in [0.4, 0.5) is 0 Å². The first-order chi connectivity index (χ1) is 9.75. The summed E-state index contributed by atoms with van der Waals surface area (Å²) < 4.78 is 0. The normalized spacial score (nSPS) is 29.5. The number of piperidine rings is 1. The van der Waals surface area contributed by atoms with Crippen LogP contribution in [0.5, 0.6) is 0 Å². The van der Waals surface area contributed by atoms with Crippen LogP contribution in [0.3, 0.4) is 0 Å². The lowest BCUT2D eigenvalue weighted by molar-refractivity contribution is 0.00868. The van der Waals surface area contributed by atoms with Crippen molar-refractivity contribution in [2.24, 2.45) is 0 Å². The van der Waals surface area contributed by atoms with Gasteiger partial charge < -0.3 is 5.11 Å². The SMILES string of the molecule is Cc1ccccc1C1CCN(C2CCCC[C@H]2O)CC1. The topological polar surface area (TPSA) is 23.5 Å². The molecular weight excluding hydrogens is 246 g/mol. The van der Waals surface area contributed by atoms with Gasteiger partial charge in [-0.05, 0) is 62.7 Å². The van der Waals surface area contributed by atoms with Crippen molar-refractivity contribution in [3.8, 4) is 0 Å². The van der Waals surface area contributed by atoms with Crippen molar-refractivity contribution in [2.75, 3.05) is 13.1 Å². The zero-order valence-corrected chi connectivity index (χ0v) is 12.6.